The van der Waals surface area contributed by atoms with Crippen LogP contribution in [0.15, 0.2) is 24.3 Å². The molecule has 0 bridgehead atoms. The minimum Gasteiger partial charge on any atom is -0.466 e. The third-order valence-corrected chi connectivity index (χ3v) is 12.4. The van der Waals surface area contributed by atoms with Gasteiger partial charge in [0.2, 0.25) is 0 Å². The van der Waals surface area contributed by atoms with Gasteiger partial charge in [0.15, 0.2) is 13.1 Å². The van der Waals surface area contributed by atoms with Gasteiger partial charge in [0, 0.05) is 26.7 Å². The van der Waals surface area contributed by atoms with Gasteiger partial charge in [-0.05, 0) is 89.9 Å². The van der Waals surface area contributed by atoms with Gasteiger partial charge < -0.3 is 47.6 Å². The molecular weight excluding hydrogens is 925 g/mol. The van der Waals surface area contributed by atoms with Crippen LogP contribution in [0.25, 0.3) is 0 Å². The van der Waals surface area contributed by atoms with Gasteiger partial charge in [-0.15, -0.1) is 0 Å². The van der Waals surface area contributed by atoms with Gasteiger partial charge in [-0.25, -0.2) is 9.59 Å². The number of allylic oxidation sites excluding steroid dienone is 2. The maximum atomic E-state index is 12.8. The first-order chi connectivity index (χ1) is 34.3. The van der Waals surface area contributed by atoms with Crippen molar-refractivity contribution in [3.05, 3.63) is 24.3 Å². The molecule has 418 valence electrons. The number of likely N-dealkylation sites (N-methyl/N-ethyl adjacent to an activating group) is 2. The number of carbonyl (C=O) groups excluding carboxylic acids is 6. The van der Waals surface area contributed by atoms with Crippen molar-refractivity contribution < 1.29 is 76.4 Å². The van der Waals surface area contributed by atoms with Crippen molar-refractivity contribution in [3.63, 3.8) is 0 Å². The Bertz CT molecular complexity index is 1410. The number of hydrogen-bond acceptors (Lipinski definition) is 14. The van der Waals surface area contributed by atoms with Crippen molar-refractivity contribution in [2.45, 2.75) is 219 Å². The molecule has 0 radical (unpaired) electrons. The summed E-state index contributed by atoms with van der Waals surface area (Å²) in [6.07, 6.45) is 26.6. The average molecular weight is 1030 g/mol. The highest BCUT2D eigenvalue weighted by Crippen LogP contribution is 2.17. The Morgan fingerprint density at radius 3 is 1.14 bits per heavy atom. The predicted octanol–water partition coefficient (Wildman–Crippen LogP) is 9.19. The number of aliphatic hydroxyl groups is 2. The van der Waals surface area contributed by atoms with Crippen LogP contribution in [0.4, 0.5) is 0 Å². The maximum Gasteiger partial charge on any atom is 0.362 e. The molecule has 4 unspecified atom stereocenters. The Balaban J connectivity index is 4.05. The zero-order chi connectivity index (χ0) is 53.9. The van der Waals surface area contributed by atoms with E-state index in [9.17, 15) is 39.0 Å². The van der Waals surface area contributed by atoms with Crippen molar-refractivity contribution in [2.75, 3.05) is 80.8 Å². The lowest BCUT2D eigenvalue weighted by Gasteiger charge is -2.29. The van der Waals surface area contributed by atoms with E-state index in [0.29, 0.717) is 61.0 Å². The number of carbonyl (C=O) groups is 6. The van der Waals surface area contributed by atoms with Crippen LogP contribution in [-0.2, 0) is 57.2 Å². The predicted molar refractivity (Wildman–Crippen MR) is 280 cm³/mol. The number of aliphatic hydroxyl groups excluding tert-OH is 2. The molecule has 0 heterocycles. The second-order valence-corrected chi connectivity index (χ2v) is 20.7. The van der Waals surface area contributed by atoms with Gasteiger partial charge in [-0.3, -0.25) is 19.2 Å². The molecule has 16 heteroatoms. The quantitative estimate of drug-likeness (QED) is 0.0192. The molecule has 0 saturated heterocycles. The maximum absolute atomic E-state index is 12.8. The summed E-state index contributed by atoms with van der Waals surface area (Å²) in [7, 11) is 7.49. The average Bonchev–Trinajstić information content (AvgIpc) is 3.29. The second kappa shape index (κ2) is 43.5. The summed E-state index contributed by atoms with van der Waals surface area (Å²) in [6, 6.07) is 0. The van der Waals surface area contributed by atoms with Gasteiger partial charge in [-0.2, -0.15) is 0 Å². The van der Waals surface area contributed by atoms with Crippen LogP contribution < -0.4 is 0 Å². The lowest BCUT2D eigenvalue weighted by molar-refractivity contribution is -0.883. The van der Waals surface area contributed by atoms with Crippen LogP contribution >= 0.6 is 0 Å². The number of unbranched alkanes of at least 4 members (excludes halogenated alkanes) is 17. The number of quaternary nitrogens is 2. The third kappa shape index (κ3) is 42.6. The highest BCUT2D eigenvalue weighted by atomic mass is 16.6. The Morgan fingerprint density at radius 2 is 0.778 bits per heavy atom. The zero-order valence-electron chi connectivity index (χ0n) is 46.3. The molecule has 0 saturated carbocycles. The normalized spacial score (nSPS) is 13.6. The first kappa shape index (κ1) is 68.1. The van der Waals surface area contributed by atoms with Crippen LogP contribution in [0.3, 0.4) is 0 Å². The van der Waals surface area contributed by atoms with Gasteiger partial charge >= 0.3 is 35.8 Å². The number of rotatable bonds is 47. The van der Waals surface area contributed by atoms with Gasteiger partial charge in [-0.1, -0.05) is 102 Å². The van der Waals surface area contributed by atoms with E-state index in [1.807, 2.05) is 40.3 Å². The molecule has 0 aliphatic rings. The third-order valence-electron chi connectivity index (χ3n) is 12.4. The molecule has 0 spiro atoms. The summed E-state index contributed by atoms with van der Waals surface area (Å²) in [5.41, 5.74) is 0. The van der Waals surface area contributed by atoms with E-state index in [1.54, 1.807) is 12.2 Å². The van der Waals surface area contributed by atoms with E-state index < -0.39 is 24.4 Å². The number of nitrogens with zero attached hydrogens (tertiary/aromatic N) is 2. The highest BCUT2D eigenvalue weighted by Gasteiger charge is 2.28. The first-order valence-electron chi connectivity index (χ1n) is 27.6. The molecule has 0 fully saturated rings. The molecule has 0 amide bonds. The van der Waals surface area contributed by atoms with Crippen molar-refractivity contribution in [3.8, 4) is 0 Å². The molecule has 0 aliphatic heterocycles. The Hall–Kier alpha value is -3.86. The van der Waals surface area contributed by atoms with Gasteiger partial charge in [0.1, 0.15) is 50.7 Å². The molecule has 0 aromatic rings. The summed E-state index contributed by atoms with van der Waals surface area (Å²) < 4.78 is 33.0. The topological polar surface area (TPSA) is 198 Å². The summed E-state index contributed by atoms with van der Waals surface area (Å²) in [5, 5.41) is 21.7. The van der Waals surface area contributed by atoms with Crippen molar-refractivity contribution >= 4 is 35.8 Å². The molecule has 0 rings (SSSR count). The van der Waals surface area contributed by atoms with E-state index in [4.69, 9.17) is 28.4 Å². The lowest BCUT2D eigenvalue weighted by atomic mass is 10.0. The lowest BCUT2D eigenvalue weighted by Crippen LogP contribution is -2.47. The fourth-order valence-corrected chi connectivity index (χ4v) is 7.85. The smallest absolute Gasteiger partial charge is 0.362 e. The minimum absolute atomic E-state index is 0.111. The summed E-state index contributed by atoms with van der Waals surface area (Å²) >= 11 is 0. The van der Waals surface area contributed by atoms with E-state index in [1.165, 1.54) is 13.8 Å². The molecule has 0 aliphatic carbocycles. The van der Waals surface area contributed by atoms with Crippen LogP contribution in [0, 0.1) is 0 Å². The standard InChI is InChI=1S/C56H102N2O14/c1-9-11-25-35-51(71-55(65)45-57(5,6)39-43-67-47(3)59)49(61)33-27-19-15-13-17-21-29-37-53(63)69-41-31-23-24-32-42-70-54(64)38-30-22-18-14-16-20-28-34-50(62)52(36-26-12-10-2)72-56(66)46-58(7,8)40-44-68-48(4)60/h27-28,33-34,49-52,61-62H,9-26,29-32,35-46H2,1-8H3/q+2. The zero-order valence-corrected chi connectivity index (χ0v) is 46.3. The molecule has 0 aromatic carbocycles. The number of hydrogen-bond donors (Lipinski definition) is 2. The number of esters is 6. The van der Waals surface area contributed by atoms with E-state index in [2.05, 4.69) is 13.8 Å². The van der Waals surface area contributed by atoms with Crippen LogP contribution in [0.5, 0.6) is 0 Å². The summed E-state index contributed by atoms with van der Waals surface area (Å²) in [4.78, 5) is 72.1. The molecule has 16 nitrogen and oxygen atoms in total. The Kier molecular flexibility index (Phi) is 41.2. The largest absolute Gasteiger partial charge is 0.466 e. The van der Waals surface area contributed by atoms with Crippen LogP contribution in [0.2, 0.25) is 0 Å². The molecule has 0 aromatic heterocycles. The first-order valence-corrected chi connectivity index (χ1v) is 27.6. The molecule has 2 N–H and O–H groups in total. The van der Waals surface area contributed by atoms with Crippen molar-refractivity contribution in [1.29, 1.82) is 0 Å². The summed E-state index contributed by atoms with van der Waals surface area (Å²) in [5.74, 6) is -1.81. The van der Waals surface area contributed by atoms with Gasteiger partial charge in [0.05, 0.1) is 41.4 Å². The molecular formula is C56H102N2O14+2. The second-order valence-electron chi connectivity index (χ2n) is 20.7. The Morgan fingerprint density at radius 1 is 0.431 bits per heavy atom. The van der Waals surface area contributed by atoms with Gasteiger partial charge in [0.25, 0.3) is 0 Å². The highest BCUT2D eigenvalue weighted by molar-refractivity contribution is 5.71. The Labute approximate surface area is 435 Å². The van der Waals surface area contributed by atoms with Crippen molar-refractivity contribution in [2.24, 2.45) is 0 Å². The SMILES string of the molecule is CCCCCC(OC(=O)C[N+](C)(C)CCOC(C)=O)C(O)C=CCCCCCCCC(=O)OCCCCCCOC(=O)CCCCCCCC=CC(O)C(CCCCC)OC(=O)C[N+](C)(C)CCOC(C)=O. The fraction of sp³-hybridized carbons (Fsp3) is 0.821. The fourth-order valence-electron chi connectivity index (χ4n) is 7.85. The minimum atomic E-state index is -0.880. The van der Waals surface area contributed by atoms with E-state index in [-0.39, 0.29) is 62.1 Å². The monoisotopic (exact) mass is 1030 g/mol. The van der Waals surface area contributed by atoms with Crippen molar-refractivity contribution in [1.82, 2.24) is 0 Å². The van der Waals surface area contributed by atoms with E-state index >= 15 is 0 Å². The summed E-state index contributed by atoms with van der Waals surface area (Å²) in [6.45, 7) is 9.34. The molecule has 72 heavy (non-hydrogen) atoms. The number of ether oxygens (including phenoxy) is 6. The van der Waals surface area contributed by atoms with Crippen LogP contribution in [0.1, 0.15) is 195 Å². The molecule has 4 atom stereocenters. The van der Waals surface area contributed by atoms with E-state index in [0.717, 1.165) is 141 Å². The van der Waals surface area contributed by atoms with Crippen LogP contribution in [-0.4, -0.2) is 160 Å².